The van der Waals surface area contributed by atoms with Gasteiger partial charge in [0.15, 0.2) is 0 Å². The van der Waals surface area contributed by atoms with Crippen molar-refractivity contribution in [1.29, 1.82) is 0 Å². The van der Waals surface area contributed by atoms with Crippen molar-refractivity contribution in [2.24, 2.45) is 0 Å². The predicted molar refractivity (Wildman–Crippen MR) is 111 cm³/mol. The van der Waals surface area contributed by atoms with Crippen LogP contribution in [0.15, 0.2) is 47.9 Å². The van der Waals surface area contributed by atoms with Crippen LogP contribution in [0.25, 0.3) is 0 Å². The molecule has 1 aliphatic rings. The SMILES string of the molecule is CCN(CC)S(=O)(=O)c1ccc(C(=O)N2CCN(CCn3ccnc3)CC2)cc1. The molecule has 0 radical (unpaired) electrons. The lowest BCUT2D eigenvalue weighted by atomic mass is 10.2. The number of nitrogens with zero attached hydrogens (tertiary/aromatic N) is 5. The number of amides is 1. The summed E-state index contributed by atoms with van der Waals surface area (Å²) in [6.45, 7) is 9.28. The zero-order valence-electron chi connectivity index (χ0n) is 17.1. The second-order valence-electron chi connectivity index (χ2n) is 7.05. The van der Waals surface area contributed by atoms with E-state index in [0.29, 0.717) is 31.7 Å². The fraction of sp³-hybridized carbons (Fsp3) is 0.500. The summed E-state index contributed by atoms with van der Waals surface area (Å²) >= 11 is 0. The van der Waals surface area contributed by atoms with Crippen LogP contribution in [0.2, 0.25) is 0 Å². The van der Waals surface area contributed by atoms with Gasteiger partial charge in [-0.05, 0) is 24.3 Å². The molecular weight excluding hydrogens is 390 g/mol. The topological polar surface area (TPSA) is 78.8 Å². The Balaban J connectivity index is 1.56. The van der Waals surface area contributed by atoms with Crippen molar-refractivity contribution < 1.29 is 13.2 Å². The summed E-state index contributed by atoms with van der Waals surface area (Å²) in [5.74, 6) is -0.0500. The van der Waals surface area contributed by atoms with Gasteiger partial charge in [0.2, 0.25) is 10.0 Å². The lowest BCUT2D eigenvalue weighted by Crippen LogP contribution is -2.49. The fourth-order valence-corrected chi connectivity index (χ4v) is 4.97. The van der Waals surface area contributed by atoms with E-state index < -0.39 is 10.0 Å². The van der Waals surface area contributed by atoms with Gasteiger partial charge < -0.3 is 9.47 Å². The molecule has 1 aliphatic heterocycles. The summed E-state index contributed by atoms with van der Waals surface area (Å²) in [5, 5.41) is 0. The van der Waals surface area contributed by atoms with Gasteiger partial charge in [0.05, 0.1) is 11.2 Å². The summed E-state index contributed by atoms with van der Waals surface area (Å²) in [6, 6.07) is 6.29. The Bertz CT molecular complexity index is 885. The zero-order chi connectivity index (χ0) is 20.9. The summed E-state index contributed by atoms with van der Waals surface area (Å²) in [4.78, 5) is 21.2. The number of benzene rings is 1. The van der Waals surface area contributed by atoms with Crippen molar-refractivity contribution in [2.45, 2.75) is 25.3 Å². The van der Waals surface area contributed by atoms with E-state index in [4.69, 9.17) is 0 Å². The molecule has 1 aromatic heterocycles. The van der Waals surface area contributed by atoms with E-state index in [1.807, 2.05) is 35.8 Å². The van der Waals surface area contributed by atoms with Gasteiger partial charge >= 0.3 is 0 Å². The van der Waals surface area contributed by atoms with Crippen LogP contribution in [0.3, 0.4) is 0 Å². The molecule has 0 saturated carbocycles. The van der Waals surface area contributed by atoms with Gasteiger partial charge in [-0.2, -0.15) is 4.31 Å². The van der Waals surface area contributed by atoms with E-state index in [0.717, 1.165) is 26.2 Å². The Morgan fingerprint density at radius 2 is 1.69 bits per heavy atom. The third-order valence-electron chi connectivity index (χ3n) is 5.34. The van der Waals surface area contributed by atoms with Crippen molar-refractivity contribution in [3.05, 3.63) is 48.5 Å². The third-order valence-corrected chi connectivity index (χ3v) is 7.40. The van der Waals surface area contributed by atoms with E-state index in [1.165, 1.54) is 16.4 Å². The van der Waals surface area contributed by atoms with Crippen LogP contribution in [-0.4, -0.2) is 83.8 Å². The molecule has 1 aromatic carbocycles. The number of carbonyl (C=O) groups excluding carboxylic acids is 1. The number of hydrogen-bond donors (Lipinski definition) is 0. The van der Waals surface area contributed by atoms with Gasteiger partial charge in [0.1, 0.15) is 0 Å². The highest BCUT2D eigenvalue weighted by molar-refractivity contribution is 7.89. The van der Waals surface area contributed by atoms with Crippen LogP contribution in [0.5, 0.6) is 0 Å². The molecule has 0 bridgehead atoms. The van der Waals surface area contributed by atoms with Crippen LogP contribution >= 0.6 is 0 Å². The number of imidazole rings is 1. The number of aromatic nitrogens is 2. The Morgan fingerprint density at radius 3 is 2.24 bits per heavy atom. The predicted octanol–water partition coefficient (Wildman–Crippen LogP) is 1.37. The molecule has 0 spiro atoms. The number of piperazine rings is 1. The normalized spacial score (nSPS) is 15.8. The summed E-state index contributed by atoms with van der Waals surface area (Å²) in [5.41, 5.74) is 0.523. The average Bonchev–Trinajstić information content (AvgIpc) is 3.26. The Labute approximate surface area is 172 Å². The molecule has 8 nitrogen and oxygen atoms in total. The minimum absolute atomic E-state index is 0.0500. The minimum atomic E-state index is -3.51. The van der Waals surface area contributed by atoms with Crippen LogP contribution in [0.1, 0.15) is 24.2 Å². The summed E-state index contributed by atoms with van der Waals surface area (Å²) in [6.07, 6.45) is 5.53. The van der Waals surface area contributed by atoms with E-state index >= 15 is 0 Å². The first-order valence-corrected chi connectivity index (χ1v) is 11.5. The molecule has 9 heteroatoms. The highest BCUT2D eigenvalue weighted by atomic mass is 32.2. The molecule has 1 amide bonds. The largest absolute Gasteiger partial charge is 0.336 e. The minimum Gasteiger partial charge on any atom is -0.336 e. The van der Waals surface area contributed by atoms with Gasteiger partial charge in [-0.15, -0.1) is 0 Å². The third kappa shape index (κ3) is 5.04. The Kier molecular flexibility index (Phi) is 7.05. The Morgan fingerprint density at radius 1 is 1.03 bits per heavy atom. The molecule has 1 saturated heterocycles. The summed E-state index contributed by atoms with van der Waals surface area (Å²) < 4.78 is 28.6. The van der Waals surface area contributed by atoms with Gasteiger partial charge in [0.25, 0.3) is 5.91 Å². The van der Waals surface area contributed by atoms with E-state index in [9.17, 15) is 13.2 Å². The van der Waals surface area contributed by atoms with Gasteiger partial charge in [0, 0.05) is 70.3 Å². The average molecular weight is 420 g/mol. The van der Waals surface area contributed by atoms with E-state index in [1.54, 1.807) is 18.3 Å². The molecule has 3 rings (SSSR count). The highest BCUT2D eigenvalue weighted by Crippen LogP contribution is 2.17. The van der Waals surface area contributed by atoms with Crippen molar-refractivity contribution >= 4 is 15.9 Å². The zero-order valence-corrected chi connectivity index (χ0v) is 17.9. The molecule has 2 aromatic rings. The first kappa shape index (κ1) is 21.5. The lowest BCUT2D eigenvalue weighted by Gasteiger charge is -2.34. The maximum atomic E-state index is 12.8. The second-order valence-corrected chi connectivity index (χ2v) is 8.99. The summed E-state index contributed by atoms with van der Waals surface area (Å²) in [7, 11) is -3.51. The lowest BCUT2D eigenvalue weighted by molar-refractivity contribution is 0.0633. The van der Waals surface area contributed by atoms with Crippen molar-refractivity contribution in [2.75, 3.05) is 45.8 Å². The smallest absolute Gasteiger partial charge is 0.253 e. The fourth-order valence-electron chi connectivity index (χ4n) is 3.52. The van der Waals surface area contributed by atoms with Crippen molar-refractivity contribution in [1.82, 2.24) is 23.7 Å². The first-order valence-electron chi connectivity index (χ1n) is 10.0. The number of sulfonamides is 1. The first-order chi connectivity index (χ1) is 14.0. The second kappa shape index (κ2) is 9.51. The quantitative estimate of drug-likeness (QED) is 0.646. The van der Waals surface area contributed by atoms with Crippen molar-refractivity contribution in [3.8, 4) is 0 Å². The standard InChI is InChI=1S/C20H29N5O3S/c1-3-25(4-2)29(27,28)19-7-5-18(6-8-19)20(26)24-15-13-22(14-16-24)11-12-23-10-9-21-17-23/h5-10,17H,3-4,11-16H2,1-2H3. The van der Waals surface area contributed by atoms with E-state index in [2.05, 4.69) is 9.88 Å². The molecule has 0 atom stereocenters. The van der Waals surface area contributed by atoms with Crippen LogP contribution in [0.4, 0.5) is 0 Å². The molecule has 29 heavy (non-hydrogen) atoms. The molecule has 1 fully saturated rings. The molecule has 0 N–H and O–H groups in total. The number of carbonyl (C=O) groups is 1. The van der Waals surface area contributed by atoms with Crippen LogP contribution in [-0.2, 0) is 16.6 Å². The van der Waals surface area contributed by atoms with Crippen LogP contribution < -0.4 is 0 Å². The Hall–Kier alpha value is -2.23. The van der Waals surface area contributed by atoms with Gasteiger partial charge in [-0.1, -0.05) is 13.8 Å². The number of hydrogen-bond acceptors (Lipinski definition) is 5. The maximum absolute atomic E-state index is 12.8. The monoisotopic (exact) mass is 419 g/mol. The molecule has 158 valence electrons. The molecule has 2 heterocycles. The molecule has 0 unspecified atom stereocenters. The molecule has 0 aliphatic carbocycles. The van der Waals surface area contributed by atoms with Crippen LogP contribution in [0, 0.1) is 0 Å². The van der Waals surface area contributed by atoms with Gasteiger partial charge in [-0.25, -0.2) is 13.4 Å². The van der Waals surface area contributed by atoms with E-state index in [-0.39, 0.29) is 10.8 Å². The van der Waals surface area contributed by atoms with Crippen molar-refractivity contribution in [3.63, 3.8) is 0 Å². The van der Waals surface area contributed by atoms with Gasteiger partial charge in [-0.3, -0.25) is 9.69 Å². The highest BCUT2D eigenvalue weighted by Gasteiger charge is 2.24. The molecular formula is C20H29N5O3S. The maximum Gasteiger partial charge on any atom is 0.253 e. The number of rotatable bonds is 8.